The summed E-state index contributed by atoms with van der Waals surface area (Å²) in [5, 5.41) is 10.3. The molecule has 0 spiro atoms. The molecule has 2 aliphatic rings. The Morgan fingerprint density at radius 2 is 2.00 bits per heavy atom. The van der Waals surface area contributed by atoms with E-state index >= 15 is 0 Å². The highest BCUT2D eigenvalue weighted by molar-refractivity contribution is 6.08. The first-order valence-corrected chi connectivity index (χ1v) is 11.1. The third kappa shape index (κ3) is 3.53. The number of likely N-dealkylation sites (tertiary alicyclic amines) is 1. The predicted molar refractivity (Wildman–Crippen MR) is 122 cm³/mol. The fraction of sp³-hybridized carbons (Fsp3) is 0.375. The SMILES string of the molecule is Cc1nn(C)c2nc(-c3ccccc3)cc(C(=O)N3CCCC3CC3(C)NC(=O)NC3=O)c12. The second-order valence-electron chi connectivity index (χ2n) is 9.07. The molecule has 2 aromatic heterocycles. The predicted octanol–water partition coefficient (Wildman–Crippen LogP) is 2.54. The molecule has 1 aromatic carbocycles. The second kappa shape index (κ2) is 7.68. The number of imide groups is 1. The average molecular weight is 447 g/mol. The van der Waals surface area contributed by atoms with Gasteiger partial charge in [-0.15, -0.1) is 0 Å². The Labute approximate surface area is 191 Å². The lowest BCUT2D eigenvalue weighted by Gasteiger charge is -2.31. The van der Waals surface area contributed by atoms with Gasteiger partial charge in [-0.1, -0.05) is 30.3 Å². The number of nitrogens with zero attached hydrogens (tertiary/aromatic N) is 4. The van der Waals surface area contributed by atoms with Gasteiger partial charge < -0.3 is 10.2 Å². The number of carbonyl (C=O) groups is 3. The largest absolute Gasteiger partial charge is 0.336 e. The lowest BCUT2D eigenvalue weighted by Crippen LogP contribution is -2.49. The van der Waals surface area contributed by atoms with E-state index in [2.05, 4.69) is 15.7 Å². The van der Waals surface area contributed by atoms with Gasteiger partial charge in [-0.25, -0.2) is 9.78 Å². The number of urea groups is 1. The van der Waals surface area contributed by atoms with Crippen molar-refractivity contribution in [1.82, 2.24) is 30.3 Å². The maximum absolute atomic E-state index is 13.9. The minimum Gasteiger partial charge on any atom is -0.336 e. The van der Waals surface area contributed by atoms with Crippen molar-refractivity contribution >= 4 is 28.9 Å². The number of benzene rings is 1. The first kappa shape index (κ1) is 21.1. The van der Waals surface area contributed by atoms with Crippen molar-refractivity contribution in [3.8, 4) is 11.3 Å². The Morgan fingerprint density at radius 3 is 2.70 bits per heavy atom. The quantitative estimate of drug-likeness (QED) is 0.599. The van der Waals surface area contributed by atoms with Gasteiger partial charge in [-0.3, -0.25) is 19.6 Å². The highest BCUT2D eigenvalue weighted by atomic mass is 16.2. The summed E-state index contributed by atoms with van der Waals surface area (Å²) in [6.07, 6.45) is 1.98. The van der Waals surface area contributed by atoms with Crippen molar-refractivity contribution in [2.75, 3.05) is 6.54 Å². The van der Waals surface area contributed by atoms with Crippen LogP contribution in [0.1, 0.15) is 42.2 Å². The van der Waals surface area contributed by atoms with Gasteiger partial charge >= 0.3 is 6.03 Å². The molecular weight excluding hydrogens is 420 g/mol. The Morgan fingerprint density at radius 1 is 1.24 bits per heavy atom. The molecule has 2 N–H and O–H groups in total. The maximum Gasteiger partial charge on any atom is 0.322 e. The van der Waals surface area contributed by atoms with Gasteiger partial charge in [-0.05, 0) is 39.2 Å². The fourth-order valence-electron chi connectivity index (χ4n) is 5.03. The van der Waals surface area contributed by atoms with Crippen LogP contribution in [0, 0.1) is 6.92 Å². The van der Waals surface area contributed by atoms with Crippen molar-refractivity contribution < 1.29 is 14.4 Å². The molecule has 4 amide bonds. The van der Waals surface area contributed by atoms with Gasteiger partial charge in [-0.2, -0.15) is 5.10 Å². The number of aryl methyl sites for hydroxylation is 2. The summed E-state index contributed by atoms with van der Waals surface area (Å²) in [6.45, 7) is 4.18. The molecule has 9 heteroatoms. The molecule has 5 rings (SSSR count). The number of hydrogen-bond donors (Lipinski definition) is 2. The number of amides is 4. The number of pyridine rings is 1. The summed E-state index contributed by atoms with van der Waals surface area (Å²) in [5.74, 6) is -0.459. The van der Waals surface area contributed by atoms with Crippen molar-refractivity contribution in [2.24, 2.45) is 7.05 Å². The van der Waals surface area contributed by atoms with Crippen LogP contribution in [0.4, 0.5) is 4.79 Å². The molecule has 0 aliphatic carbocycles. The van der Waals surface area contributed by atoms with E-state index in [4.69, 9.17) is 4.98 Å². The molecule has 2 unspecified atom stereocenters. The molecule has 2 fully saturated rings. The normalized spacial score (nSPS) is 22.6. The number of fused-ring (bicyclic) bond motifs is 1. The van der Waals surface area contributed by atoms with Crippen LogP contribution >= 0.6 is 0 Å². The summed E-state index contributed by atoms with van der Waals surface area (Å²) in [4.78, 5) is 44.6. The van der Waals surface area contributed by atoms with Gasteiger partial charge in [0.05, 0.1) is 22.3 Å². The standard InChI is InChI=1S/C24H26N6O3/c1-14-19-17(12-18(15-8-5-4-6-9-15)25-20(19)29(3)28-14)21(31)30-11-7-10-16(30)13-24(2)22(32)26-23(33)27-24/h4-6,8-9,12,16H,7,10-11,13H2,1-3H3,(H2,26,27,32,33). The van der Waals surface area contributed by atoms with Gasteiger partial charge in [0.2, 0.25) is 0 Å². The maximum atomic E-state index is 13.9. The van der Waals surface area contributed by atoms with Crippen LogP contribution in [-0.2, 0) is 11.8 Å². The number of hydrogen-bond acceptors (Lipinski definition) is 5. The third-order valence-corrected chi connectivity index (χ3v) is 6.67. The summed E-state index contributed by atoms with van der Waals surface area (Å²) >= 11 is 0. The molecular formula is C24H26N6O3. The lowest BCUT2D eigenvalue weighted by molar-refractivity contribution is -0.124. The zero-order chi connectivity index (χ0) is 23.3. The van der Waals surface area contributed by atoms with E-state index < -0.39 is 11.6 Å². The first-order valence-electron chi connectivity index (χ1n) is 11.1. The Bertz CT molecular complexity index is 1280. The molecule has 2 atom stereocenters. The summed E-state index contributed by atoms with van der Waals surface area (Å²) in [6, 6.07) is 10.9. The van der Waals surface area contributed by atoms with E-state index in [0.717, 1.165) is 29.5 Å². The van der Waals surface area contributed by atoms with E-state index in [1.807, 2.05) is 55.3 Å². The number of carbonyl (C=O) groups excluding carboxylic acids is 3. The lowest BCUT2D eigenvalue weighted by atomic mass is 9.91. The van der Waals surface area contributed by atoms with E-state index in [9.17, 15) is 14.4 Å². The average Bonchev–Trinajstić information content (AvgIpc) is 3.43. The number of aromatic nitrogens is 3. The van der Waals surface area contributed by atoms with Crippen molar-refractivity contribution in [2.45, 2.75) is 44.7 Å². The molecule has 170 valence electrons. The van der Waals surface area contributed by atoms with Crippen LogP contribution in [-0.4, -0.2) is 55.6 Å². The van der Waals surface area contributed by atoms with Crippen molar-refractivity contribution in [3.05, 3.63) is 47.7 Å². The van der Waals surface area contributed by atoms with Gasteiger partial charge in [0.15, 0.2) is 5.65 Å². The van der Waals surface area contributed by atoms with Gasteiger partial charge in [0, 0.05) is 25.2 Å². The van der Waals surface area contributed by atoms with Crippen molar-refractivity contribution in [1.29, 1.82) is 0 Å². The van der Waals surface area contributed by atoms with Crippen LogP contribution in [0.3, 0.4) is 0 Å². The first-order chi connectivity index (χ1) is 15.8. The highest BCUT2D eigenvalue weighted by Crippen LogP contribution is 2.32. The minimum absolute atomic E-state index is 0.105. The van der Waals surface area contributed by atoms with Gasteiger partial charge in [0.1, 0.15) is 5.54 Å². The Kier molecular flexibility index (Phi) is 4.92. The second-order valence-corrected chi connectivity index (χ2v) is 9.07. The molecule has 9 nitrogen and oxygen atoms in total. The van der Waals surface area contributed by atoms with Crippen LogP contribution in [0.25, 0.3) is 22.3 Å². The topological polar surface area (TPSA) is 109 Å². The van der Waals surface area contributed by atoms with Crippen molar-refractivity contribution in [3.63, 3.8) is 0 Å². The van der Waals surface area contributed by atoms with Crippen LogP contribution in [0.2, 0.25) is 0 Å². The molecule has 0 radical (unpaired) electrons. The fourth-order valence-corrected chi connectivity index (χ4v) is 5.03. The molecule has 0 bridgehead atoms. The van der Waals surface area contributed by atoms with Gasteiger partial charge in [0.25, 0.3) is 11.8 Å². The third-order valence-electron chi connectivity index (χ3n) is 6.67. The summed E-state index contributed by atoms with van der Waals surface area (Å²) in [7, 11) is 1.83. The minimum atomic E-state index is -1.03. The number of nitrogens with one attached hydrogen (secondary N) is 2. The van der Waals surface area contributed by atoms with E-state index in [1.54, 1.807) is 11.6 Å². The van der Waals surface area contributed by atoms with E-state index in [-0.39, 0.29) is 17.9 Å². The highest BCUT2D eigenvalue weighted by Gasteiger charge is 2.46. The van der Waals surface area contributed by atoms with E-state index in [1.165, 1.54) is 0 Å². The Balaban J connectivity index is 1.55. The molecule has 33 heavy (non-hydrogen) atoms. The Hall–Kier alpha value is -3.75. The van der Waals surface area contributed by atoms with Crippen LogP contribution in [0.5, 0.6) is 0 Å². The smallest absolute Gasteiger partial charge is 0.322 e. The molecule has 3 aromatic rings. The van der Waals surface area contributed by atoms with Crippen LogP contribution in [0.15, 0.2) is 36.4 Å². The molecule has 0 saturated carbocycles. The molecule has 2 aliphatic heterocycles. The molecule has 2 saturated heterocycles. The summed E-state index contributed by atoms with van der Waals surface area (Å²) in [5.41, 5.74) is 2.55. The number of rotatable bonds is 4. The zero-order valence-electron chi connectivity index (χ0n) is 18.9. The monoisotopic (exact) mass is 446 g/mol. The van der Waals surface area contributed by atoms with Crippen LogP contribution < -0.4 is 10.6 Å². The van der Waals surface area contributed by atoms with E-state index in [0.29, 0.717) is 29.9 Å². The zero-order valence-corrected chi connectivity index (χ0v) is 18.9. The molecule has 4 heterocycles. The summed E-state index contributed by atoms with van der Waals surface area (Å²) < 4.78 is 1.70.